The van der Waals surface area contributed by atoms with Gasteiger partial charge in [0.05, 0.1) is 0 Å². The Bertz CT molecular complexity index is 1190. The fourth-order valence-corrected chi connectivity index (χ4v) is 51.2. The van der Waals surface area contributed by atoms with Crippen LogP contribution in [0.2, 0.25) is 11.5 Å². The molecule has 2 aliphatic carbocycles. The smallest absolute Gasteiger partial charge is 0.147 e. The minimum Gasteiger partial charge on any atom is -0.147 e. The predicted molar refractivity (Wildman–Crippen MR) is 156 cm³/mol. The molecule has 2 aliphatic rings. The van der Waals surface area contributed by atoms with Crippen LogP contribution in [0.3, 0.4) is 0 Å². The van der Waals surface area contributed by atoms with Crippen LogP contribution in [0.25, 0.3) is 11.1 Å². The van der Waals surface area contributed by atoms with E-state index in [4.69, 9.17) is 0 Å². The van der Waals surface area contributed by atoms with Crippen molar-refractivity contribution in [3.63, 3.8) is 0 Å². The van der Waals surface area contributed by atoms with Gasteiger partial charge in [0.1, 0.15) is 0 Å². The first kappa shape index (κ1) is 28.7. The van der Waals surface area contributed by atoms with Crippen LogP contribution >= 0.6 is 12.4 Å². The van der Waals surface area contributed by atoms with Crippen molar-refractivity contribution in [2.75, 3.05) is 0 Å². The number of hydrogen-bond acceptors (Lipinski definition) is 0. The Balaban J connectivity index is 0.00000342. The molecule has 0 spiro atoms. The molecule has 184 valence electrons. The largest absolute Gasteiger partial charge is 0.147 e. The summed E-state index contributed by atoms with van der Waals surface area (Å²) in [6.07, 6.45) is 7.40. The van der Waals surface area contributed by atoms with Crippen LogP contribution in [-0.4, -0.2) is 10.1 Å². The maximum absolute atomic E-state index is 2.67. The molecule has 35 heavy (non-hydrogen) atoms. The first-order chi connectivity index (χ1) is 16.3. The summed E-state index contributed by atoms with van der Waals surface area (Å²) < 4.78 is 3.83. The molecular formula is C32H41ClGeHf. The number of rotatable bonds is 6. The molecule has 0 nitrogen and oxygen atoms in total. The van der Waals surface area contributed by atoms with Crippen LogP contribution < -0.4 is 0 Å². The van der Waals surface area contributed by atoms with Crippen molar-refractivity contribution < 1.29 is 18.3 Å². The summed E-state index contributed by atoms with van der Waals surface area (Å²) >= 11 is -2.16. The molecule has 0 N–H and O–H groups in total. The van der Waals surface area contributed by atoms with E-state index in [0.717, 1.165) is 12.8 Å². The Kier molecular flexibility index (Phi) is 9.91. The predicted octanol–water partition coefficient (Wildman–Crippen LogP) is 9.42. The second-order valence-corrected chi connectivity index (χ2v) is 48.3. The molecule has 0 aliphatic heterocycles. The van der Waals surface area contributed by atoms with Crippen LogP contribution in [0, 0.1) is 11.8 Å². The molecule has 0 bridgehead atoms. The quantitative estimate of drug-likeness (QED) is 0.262. The van der Waals surface area contributed by atoms with Crippen molar-refractivity contribution in [2.24, 2.45) is 11.8 Å². The molecule has 2 aromatic carbocycles. The number of benzene rings is 2. The van der Waals surface area contributed by atoms with E-state index in [1.807, 2.05) is 6.66 Å². The van der Waals surface area contributed by atoms with Crippen LogP contribution in [0.4, 0.5) is 0 Å². The Morgan fingerprint density at radius 3 is 1.46 bits per heavy atom. The van der Waals surface area contributed by atoms with Crippen molar-refractivity contribution in [2.45, 2.75) is 65.9 Å². The van der Waals surface area contributed by atoms with E-state index in [0.29, 0.717) is 11.8 Å². The fraction of sp³-hybridized carbons (Fsp3) is 0.375. The molecule has 0 radical (unpaired) electrons. The molecule has 0 heterocycles. The minimum atomic E-state index is -2.16. The zero-order chi connectivity index (χ0) is 24.6. The van der Waals surface area contributed by atoms with Crippen molar-refractivity contribution in [1.29, 1.82) is 0 Å². The van der Waals surface area contributed by atoms with Gasteiger partial charge in [0.15, 0.2) is 0 Å². The maximum atomic E-state index is 2.67. The standard InChI is InChI=1S/2C15H17.C2H6Ge.ClH.Hf/c2*1-4-13-6-5-7-14(10-13)15-9-11(2)8-12(15)3;1-3-2;;/h2*5-7,9-11H,4H2,1-3H3;1-2H3;1H;. The summed E-state index contributed by atoms with van der Waals surface area (Å²) in [5.41, 5.74) is 12.0. The van der Waals surface area contributed by atoms with Gasteiger partial charge >= 0.3 is 218 Å². The van der Waals surface area contributed by atoms with Gasteiger partial charge < -0.3 is 0 Å². The van der Waals surface area contributed by atoms with E-state index in [2.05, 4.69) is 114 Å². The number of aryl methyl sites for hydroxylation is 2. The Morgan fingerprint density at radius 2 is 1.11 bits per heavy atom. The average molecular weight is 712 g/mol. The normalized spacial score (nSPS) is 19.5. The topological polar surface area (TPSA) is 0 Å². The zero-order valence-electron chi connectivity index (χ0n) is 22.8. The third-order valence-corrected chi connectivity index (χ3v) is 47.5. The summed E-state index contributed by atoms with van der Waals surface area (Å²) in [6.45, 7) is 14.4. The Hall–Kier alpha value is -0.897. The van der Waals surface area contributed by atoms with Gasteiger partial charge in [-0.15, -0.1) is 12.4 Å². The first-order valence-corrected chi connectivity index (χ1v) is 31.2. The van der Waals surface area contributed by atoms with Gasteiger partial charge in [-0.25, -0.2) is 0 Å². The van der Waals surface area contributed by atoms with E-state index >= 15 is 0 Å². The molecular weight excluding hydrogens is 671 g/mol. The molecule has 2 atom stereocenters. The van der Waals surface area contributed by atoms with E-state index in [9.17, 15) is 0 Å². The van der Waals surface area contributed by atoms with E-state index in [1.165, 1.54) is 33.4 Å². The number of hydrogen-bond donors (Lipinski definition) is 0. The van der Waals surface area contributed by atoms with Gasteiger partial charge in [0, 0.05) is 0 Å². The molecule has 0 aromatic heterocycles. The van der Waals surface area contributed by atoms with Crippen LogP contribution in [-0.2, 0) is 31.2 Å². The van der Waals surface area contributed by atoms with Gasteiger partial charge in [0.25, 0.3) is 0 Å². The Morgan fingerprint density at radius 1 is 0.714 bits per heavy atom. The molecule has 4 rings (SSSR count). The second-order valence-electron chi connectivity index (χ2n) is 10.3. The van der Waals surface area contributed by atoms with E-state index in [-0.39, 0.29) is 12.4 Å². The summed E-state index contributed by atoms with van der Waals surface area (Å²) in [5.74, 6) is 6.55. The van der Waals surface area contributed by atoms with Crippen molar-refractivity contribution in [1.82, 2.24) is 0 Å². The van der Waals surface area contributed by atoms with Crippen molar-refractivity contribution in [3.05, 3.63) is 101 Å². The van der Waals surface area contributed by atoms with Crippen molar-refractivity contribution >= 4 is 33.6 Å². The molecule has 2 unspecified atom stereocenters. The Labute approximate surface area is 228 Å². The molecule has 0 fully saturated rings. The van der Waals surface area contributed by atoms with Crippen LogP contribution in [0.1, 0.15) is 63.8 Å². The van der Waals surface area contributed by atoms with Crippen molar-refractivity contribution in [3.8, 4) is 0 Å². The van der Waals surface area contributed by atoms with E-state index < -0.39 is 28.4 Å². The van der Waals surface area contributed by atoms with Gasteiger partial charge in [-0.3, -0.25) is 0 Å². The van der Waals surface area contributed by atoms with E-state index in [1.54, 1.807) is 11.1 Å². The first-order valence-electron chi connectivity index (χ1n) is 13.0. The third-order valence-electron chi connectivity index (χ3n) is 7.69. The summed E-state index contributed by atoms with van der Waals surface area (Å²) in [7, 11) is -1.10. The fourth-order valence-electron chi connectivity index (χ4n) is 5.95. The molecule has 2 aromatic rings. The minimum absolute atomic E-state index is 0. The molecule has 0 amide bonds. The summed E-state index contributed by atoms with van der Waals surface area (Å²) in [6, 6.07) is 18.5. The monoisotopic (exact) mass is 714 g/mol. The van der Waals surface area contributed by atoms with Gasteiger partial charge in [-0.2, -0.15) is 0 Å². The molecule has 3 heteroatoms. The van der Waals surface area contributed by atoms with Crippen LogP contribution in [0.15, 0.2) is 78.5 Å². The number of halogens is 1. The summed E-state index contributed by atoms with van der Waals surface area (Å²) in [4.78, 5) is 0. The zero-order valence-corrected chi connectivity index (χ0v) is 29.3. The molecule has 0 saturated carbocycles. The summed E-state index contributed by atoms with van der Waals surface area (Å²) in [5, 5.41) is 0. The SMILES string of the molecule is CCc1cccc(C2=CC(C)[C]([Hf]([C]3=C(C)C(c4cccc(CC)c4)=CC3C)=[Ge]([CH3])[CH3])=C2C)c1.Cl. The third kappa shape index (κ3) is 5.68. The average Bonchev–Trinajstić information content (AvgIpc) is 3.29. The van der Waals surface area contributed by atoms with Crippen LogP contribution in [0.5, 0.6) is 0 Å². The number of allylic oxidation sites excluding steroid dienone is 8. The second kappa shape index (κ2) is 12.1. The van der Waals surface area contributed by atoms with Gasteiger partial charge in [0.2, 0.25) is 0 Å². The maximum Gasteiger partial charge on any atom is -0.147 e. The van der Waals surface area contributed by atoms with Gasteiger partial charge in [-0.05, 0) is 0 Å². The van der Waals surface area contributed by atoms with Gasteiger partial charge in [-0.1, -0.05) is 0 Å². The molecule has 0 saturated heterocycles.